The summed E-state index contributed by atoms with van der Waals surface area (Å²) in [6.45, 7) is 9.56. The number of nitrogens with zero attached hydrogens (tertiary/aromatic N) is 10. The summed E-state index contributed by atoms with van der Waals surface area (Å²) in [6.07, 6.45) is 9.07. The van der Waals surface area contributed by atoms with E-state index in [0.29, 0.717) is 50.7 Å². The Kier molecular flexibility index (Phi) is 8.30. The topological polar surface area (TPSA) is 128 Å². The summed E-state index contributed by atoms with van der Waals surface area (Å²) < 4.78 is 6.38. The second-order valence-electron chi connectivity index (χ2n) is 11.6. The number of hydrogen-bond acceptors (Lipinski definition) is 11. The summed E-state index contributed by atoms with van der Waals surface area (Å²) in [6, 6.07) is 4.64. The third-order valence-corrected chi connectivity index (χ3v) is 9.14. The second-order valence-corrected chi connectivity index (χ2v) is 11.6. The zero-order valence-corrected chi connectivity index (χ0v) is 24.8. The van der Waals surface area contributed by atoms with E-state index < -0.39 is 0 Å². The number of piperazine rings is 1. The molecule has 2 fully saturated rings. The summed E-state index contributed by atoms with van der Waals surface area (Å²) in [5.41, 5.74) is 3.16. The summed E-state index contributed by atoms with van der Waals surface area (Å²) >= 11 is 0. The first-order valence-electron chi connectivity index (χ1n) is 15.2. The van der Waals surface area contributed by atoms with E-state index in [0.717, 1.165) is 74.0 Å². The van der Waals surface area contributed by atoms with Gasteiger partial charge in [-0.1, -0.05) is 6.58 Å². The predicted octanol–water partition coefficient (Wildman–Crippen LogP) is 1.89. The van der Waals surface area contributed by atoms with Crippen molar-refractivity contribution in [2.75, 3.05) is 64.4 Å². The van der Waals surface area contributed by atoms with Crippen molar-refractivity contribution < 1.29 is 9.53 Å². The lowest BCUT2D eigenvalue weighted by Gasteiger charge is -2.44. The van der Waals surface area contributed by atoms with Crippen molar-refractivity contribution in [2.45, 2.75) is 50.7 Å². The van der Waals surface area contributed by atoms with Crippen molar-refractivity contribution in [3.63, 3.8) is 0 Å². The molecule has 12 nitrogen and oxygen atoms in total. The normalized spacial score (nSPS) is 23.5. The van der Waals surface area contributed by atoms with Gasteiger partial charge in [0.1, 0.15) is 29.9 Å². The Morgan fingerprint density at radius 2 is 2.05 bits per heavy atom. The van der Waals surface area contributed by atoms with Crippen LogP contribution in [0.1, 0.15) is 42.5 Å². The van der Waals surface area contributed by atoms with Gasteiger partial charge >= 0.3 is 0 Å². The molecule has 0 radical (unpaired) electrons. The molecule has 2 atom stereocenters. The molecule has 0 saturated carbocycles. The molecule has 6 heterocycles. The van der Waals surface area contributed by atoms with Gasteiger partial charge in [0.15, 0.2) is 0 Å². The quantitative estimate of drug-likeness (QED) is 0.443. The van der Waals surface area contributed by atoms with Gasteiger partial charge in [-0.05, 0) is 45.4 Å². The molecule has 5 aliphatic heterocycles. The number of amidine groups is 1. The number of likely N-dealkylation sites (tertiary alicyclic amines) is 1. The minimum atomic E-state index is -0.307. The number of rotatable bonds is 7. The first kappa shape index (κ1) is 28.7. The number of aromatic nitrogens is 1. The highest BCUT2D eigenvalue weighted by Gasteiger charge is 2.36. The van der Waals surface area contributed by atoms with Gasteiger partial charge in [-0.3, -0.25) is 14.8 Å². The van der Waals surface area contributed by atoms with Gasteiger partial charge in [0, 0.05) is 50.9 Å². The van der Waals surface area contributed by atoms with Crippen LogP contribution in [0.25, 0.3) is 0 Å². The Morgan fingerprint density at radius 1 is 1.16 bits per heavy atom. The Hall–Kier alpha value is -4.42. The molecule has 1 amide bonds. The number of nitriles is 2. The van der Waals surface area contributed by atoms with E-state index >= 15 is 0 Å². The molecule has 224 valence electrons. The van der Waals surface area contributed by atoms with Gasteiger partial charge in [0.2, 0.25) is 11.8 Å². The number of carbonyl (C=O) groups excluding carboxylic acids is 1. The van der Waals surface area contributed by atoms with Crippen molar-refractivity contribution in [3.8, 4) is 18.0 Å². The van der Waals surface area contributed by atoms with E-state index in [1.165, 1.54) is 6.08 Å². The lowest BCUT2D eigenvalue weighted by Crippen LogP contribution is -2.55. The van der Waals surface area contributed by atoms with Crippen molar-refractivity contribution in [3.05, 3.63) is 41.5 Å². The van der Waals surface area contributed by atoms with Crippen LogP contribution >= 0.6 is 0 Å². The number of aliphatic imine (C=N–C) groups is 2. The van der Waals surface area contributed by atoms with Crippen LogP contribution in [-0.2, 0) is 17.8 Å². The van der Waals surface area contributed by atoms with Crippen molar-refractivity contribution >= 4 is 23.6 Å². The molecule has 2 saturated heterocycles. The van der Waals surface area contributed by atoms with E-state index in [9.17, 15) is 15.3 Å². The molecule has 43 heavy (non-hydrogen) atoms. The Balaban J connectivity index is 1.36. The van der Waals surface area contributed by atoms with Gasteiger partial charge in [-0.25, -0.2) is 4.98 Å². The molecular formula is C31H38N10O2. The fourth-order valence-corrected chi connectivity index (χ4v) is 6.85. The lowest BCUT2D eigenvalue weighted by molar-refractivity contribution is -0.128. The van der Waals surface area contributed by atoms with Gasteiger partial charge in [0.25, 0.3) is 0 Å². The number of amides is 1. The highest BCUT2D eigenvalue weighted by molar-refractivity contribution is 6.30. The average Bonchev–Trinajstić information content (AvgIpc) is 3.46. The third-order valence-electron chi connectivity index (χ3n) is 9.14. The summed E-state index contributed by atoms with van der Waals surface area (Å²) in [4.78, 5) is 37.4. The van der Waals surface area contributed by atoms with Crippen LogP contribution in [0.5, 0.6) is 5.88 Å². The SMILES string of the molecule is C=CC(=O)N1CCN(c2c(C#N)c(OC[C@@H]3CCCN3C)nc3c2CCN(C2=CN=CC4=NCCCN24)C3)C[C@@H]1CC#N. The lowest BCUT2D eigenvalue weighted by atomic mass is 9.97. The van der Waals surface area contributed by atoms with Crippen LogP contribution in [0, 0.1) is 22.7 Å². The Labute approximate surface area is 252 Å². The minimum Gasteiger partial charge on any atom is -0.475 e. The number of ether oxygens (including phenoxy) is 1. The zero-order chi connectivity index (χ0) is 29.9. The van der Waals surface area contributed by atoms with Crippen LogP contribution in [0.3, 0.4) is 0 Å². The molecule has 0 unspecified atom stereocenters. The molecule has 1 aromatic heterocycles. The predicted molar refractivity (Wildman–Crippen MR) is 163 cm³/mol. The van der Waals surface area contributed by atoms with E-state index in [1.54, 1.807) is 4.90 Å². The largest absolute Gasteiger partial charge is 0.475 e. The van der Waals surface area contributed by atoms with Gasteiger partial charge in [0.05, 0.1) is 48.9 Å². The van der Waals surface area contributed by atoms with E-state index in [-0.39, 0.29) is 24.4 Å². The van der Waals surface area contributed by atoms with Crippen molar-refractivity contribution in [2.24, 2.45) is 9.98 Å². The molecule has 1 aromatic rings. The maximum atomic E-state index is 12.6. The monoisotopic (exact) mass is 582 g/mol. The number of carbonyl (C=O) groups is 1. The number of likely N-dealkylation sites (N-methyl/N-ethyl adjacent to an activating group) is 1. The van der Waals surface area contributed by atoms with Gasteiger partial charge in [-0.15, -0.1) is 0 Å². The molecule has 0 spiro atoms. The fraction of sp³-hybridized carbons (Fsp3) is 0.548. The molecule has 5 aliphatic rings. The van der Waals surface area contributed by atoms with Crippen molar-refractivity contribution in [1.82, 2.24) is 24.6 Å². The van der Waals surface area contributed by atoms with E-state index in [4.69, 9.17) is 9.72 Å². The number of pyridine rings is 1. The smallest absolute Gasteiger partial charge is 0.246 e. The first-order chi connectivity index (χ1) is 21.0. The molecule has 12 heteroatoms. The molecule has 0 N–H and O–H groups in total. The van der Waals surface area contributed by atoms with E-state index in [2.05, 4.69) is 55.3 Å². The number of anilines is 1. The van der Waals surface area contributed by atoms with Crippen molar-refractivity contribution in [1.29, 1.82) is 10.5 Å². The van der Waals surface area contributed by atoms with Gasteiger partial charge in [-0.2, -0.15) is 10.5 Å². The van der Waals surface area contributed by atoms with Crippen LogP contribution in [0.15, 0.2) is 34.7 Å². The molecule has 6 rings (SSSR count). The average molecular weight is 583 g/mol. The number of fused-ring (bicyclic) bond motifs is 2. The Bertz CT molecular complexity index is 1450. The maximum Gasteiger partial charge on any atom is 0.246 e. The highest BCUT2D eigenvalue weighted by Crippen LogP contribution is 2.39. The van der Waals surface area contributed by atoms with Crippen LogP contribution in [0.2, 0.25) is 0 Å². The standard InChI is InChI=1S/C31H38N10O2/c1-3-29(42)40-15-14-39(19-22(40)7-9-32)30-24-8-13-38(28-18-34-17-27-35-10-5-12-41(27)28)20-26(24)36-31(25(30)16-33)43-21-23-6-4-11-37(23)2/h3,17-18,22-23H,1,4-8,10-15,19-21H2,2H3/t22-,23-/m0/s1. The summed E-state index contributed by atoms with van der Waals surface area (Å²) in [5, 5.41) is 20.1. The van der Waals surface area contributed by atoms with Crippen LogP contribution in [-0.4, -0.2) is 114 Å². The van der Waals surface area contributed by atoms with E-state index in [1.807, 2.05) is 12.4 Å². The first-order valence-corrected chi connectivity index (χ1v) is 15.2. The molecule has 0 bridgehead atoms. The van der Waals surface area contributed by atoms with Crippen LogP contribution < -0.4 is 9.64 Å². The summed E-state index contributed by atoms with van der Waals surface area (Å²) in [5.74, 6) is 2.08. The summed E-state index contributed by atoms with van der Waals surface area (Å²) in [7, 11) is 2.10. The van der Waals surface area contributed by atoms with Gasteiger partial charge < -0.3 is 29.2 Å². The molecule has 0 aromatic carbocycles. The molecule has 0 aliphatic carbocycles. The Morgan fingerprint density at radius 3 is 2.81 bits per heavy atom. The highest BCUT2D eigenvalue weighted by atomic mass is 16.5. The molecular weight excluding hydrogens is 544 g/mol. The minimum absolute atomic E-state index is 0.179. The maximum absolute atomic E-state index is 12.6. The number of hydrogen-bond donors (Lipinski definition) is 0. The third kappa shape index (κ3) is 5.55. The second kappa shape index (κ2) is 12.4. The zero-order valence-electron chi connectivity index (χ0n) is 24.8. The fourth-order valence-electron chi connectivity index (χ4n) is 6.85. The van der Waals surface area contributed by atoms with Crippen LogP contribution in [0.4, 0.5) is 5.69 Å².